The monoisotopic (exact) mass is 784 g/mol. The third-order valence-electron chi connectivity index (χ3n) is 8.26. The second kappa shape index (κ2) is 20.0. The molecule has 3 aromatic rings. The Morgan fingerprint density at radius 3 is 1.41 bits per heavy atom. The zero-order valence-electron chi connectivity index (χ0n) is 31.9. The molecule has 0 saturated carbocycles. The summed E-state index contributed by atoms with van der Waals surface area (Å²) in [5.74, 6) is -6.29. The molecule has 6 N–H and O–H groups in total. The normalized spacial score (nSPS) is 13.8. The lowest BCUT2D eigenvalue weighted by Crippen LogP contribution is -2.25. The minimum atomic E-state index is -1.08. The first-order valence-electron chi connectivity index (χ1n) is 17.7. The average molecular weight is 785 g/mol. The predicted molar refractivity (Wildman–Crippen MR) is 197 cm³/mol. The van der Waals surface area contributed by atoms with Gasteiger partial charge in [-0.1, -0.05) is 0 Å². The molecule has 0 radical (unpaired) electrons. The van der Waals surface area contributed by atoms with Crippen LogP contribution in [0.25, 0.3) is 0 Å². The van der Waals surface area contributed by atoms with Crippen molar-refractivity contribution in [3.8, 4) is 34.5 Å². The lowest BCUT2D eigenvalue weighted by atomic mass is 9.98. The second-order valence-corrected chi connectivity index (χ2v) is 13.7. The Morgan fingerprint density at radius 2 is 0.929 bits per heavy atom. The van der Waals surface area contributed by atoms with Gasteiger partial charge in [0.05, 0.1) is 18.9 Å². The Labute approximate surface area is 323 Å². The molecule has 3 aromatic carbocycles. The Hall–Kier alpha value is -6.03. The van der Waals surface area contributed by atoms with Crippen LogP contribution in [0.1, 0.15) is 91.3 Å². The Bertz CT molecular complexity index is 1880. The maximum Gasteiger partial charge on any atom is 0.342 e. The molecular weight excluding hydrogens is 736 g/mol. The van der Waals surface area contributed by atoms with Crippen molar-refractivity contribution in [2.45, 2.75) is 104 Å². The van der Waals surface area contributed by atoms with Gasteiger partial charge in [0.2, 0.25) is 0 Å². The van der Waals surface area contributed by atoms with Gasteiger partial charge >= 0.3 is 23.9 Å². The number of esters is 4. The Morgan fingerprint density at radius 1 is 0.500 bits per heavy atom. The molecule has 0 aromatic heterocycles. The van der Waals surface area contributed by atoms with Crippen molar-refractivity contribution < 1.29 is 78.3 Å². The molecule has 0 bridgehead atoms. The Balaban J connectivity index is 1.59. The number of benzene rings is 3. The first kappa shape index (κ1) is 44.4. The molecule has 0 amide bonds. The van der Waals surface area contributed by atoms with Crippen LogP contribution in [0.4, 0.5) is 0 Å². The molecule has 0 unspecified atom stereocenters. The maximum absolute atomic E-state index is 13.2. The summed E-state index contributed by atoms with van der Waals surface area (Å²) in [4.78, 5) is 64.2. The summed E-state index contributed by atoms with van der Waals surface area (Å²) in [7, 11) is 1.44. The Kier molecular flexibility index (Phi) is 15.9. The van der Waals surface area contributed by atoms with Crippen LogP contribution in [0, 0.1) is 0 Å². The van der Waals surface area contributed by atoms with Gasteiger partial charge in [0.15, 0.2) is 0 Å². The van der Waals surface area contributed by atoms with Crippen molar-refractivity contribution in [3.63, 3.8) is 0 Å². The predicted octanol–water partition coefficient (Wildman–Crippen LogP) is 4.68. The van der Waals surface area contributed by atoms with E-state index in [2.05, 4.69) is 0 Å². The molecule has 0 spiro atoms. The van der Waals surface area contributed by atoms with Crippen molar-refractivity contribution in [1.29, 1.82) is 0 Å². The summed E-state index contributed by atoms with van der Waals surface area (Å²) in [6, 6.07) is 8.15. The molecular formula is C40H48O16. The number of ketones is 1. The van der Waals surface area contributed by atoms with Crippen LogP contribution in [-0.2, 0) is 57.3 Å². The van der Waals surface area contributed by atoms with E-state index in [1.165, 1.54) is 46.1 Å². The first-order valence-corrected chi connectivity index (χ1v) is 17.7. The van der Waals surface area contributed by atoms with Gasteiger partial charge in [-0.05, 0) is 75.6 Å². The number of Topliss-reactive ketones (excluding diaryl/α,β-unsaturated/α-hetero) is 1. The molecule has 0 saturated heterocycles. The molecule has 16 nitrogen and oxygen atoms in total. The molecule has 0 aliphatic heterocycles. The standard InChI is InChI=1S/C40H48O16/c1-20(52-6)9-28(41)15-27-16-32(45)19-34(47)38(27)40(51)56-24(5)11-36(49)54-22(3)8-26-14-31(44)18-33(46)37(26)39(50)55-23(4)10-35(48)53-21(2)7-25-12-29(42)17-30(43)13-25/h12-14,16-24,42-47H,7-11,15H2,1-6H3/t20-,21-,22-,23-,24-/m1/s1. The van der Waals surface area contributed by atoms with E-state index in [0.29, 0.717) is 5.56 Å². The summed E-state index contributed by atoms with van der Waals surface area (Å²) in [5.41, 5.74) is -0.110. The quantitative estimate of drug-likeness (QED) is 0.0713. The molecule has 0 aliphatic carbocycles. The summed E-state index contributed by atoms with van der Waals surface area (Å²) < 4.78 is 26.7. The van der Waals surface area contributed by atoms with Crippen molar-refractivity contribution >= 4 is 29.7 Å². The summed E-state index contributed by atoms with van der Waals surface area (Å²) in [6.45, 7) is 7.59. The first-order chi connectivity index (χ1) is 26.2. The molecule has 304 valence electrons. The second-order valence-electron chi connectivity index (χ2n) is 13.7. The van der Waals surface area contributed by atoms with Gasteiger partial charge in [-0.2, -0.15) is 0 Å². The molecule has 0 aliphatic rings. The van der Waals surface area contributed by atoms with E-state index in [-0.39, 0.29) is 77.4 Å². The minimum Gasteiger partial charge on any atom is -0.508 e. The highest BCUT2D eigenvalue weighted by molar-refractivity contribution is 5.97. The van der Waals surface area contributed by atoms with Gasteiger partial charge in [-0.15, -0.1) is 0 Å². The van der Waals surface area contributed by atoms with Gasteiger partial charge in [-0.25, -0.2) is 9.59 Å². The summed E-state index contributed by atoms with van der Waals surface area (Å²) in [5, 5.41) is 60.5. The van der Waals surface area contributed by atoms with Crippen molar-refractivity contribution in [1.82, 2.24) is 0 Å². The number of hydrogen-bond donors (Lipinski definition) is 6. The van der Waals surface area contributed by atoms with Gasteiger partial charge in [0, 0.05) is 51.0 Å². The SMILES string of the molecule is CO[C@H](C)CC(=O)Cc1cc(O)cc(O)c1C(=O)O[C@H](C)CC(=O)O[C@H](C)Cc1cc(O)cc(O)c1C(=O)O[C@H](C)CC(=O)O[C@H](C)Cc1cc(O)cc(O)c1. The van der Waals surface area contributed by atoms with Gasteiger partial charge < -0.3 is 54.3 Å². The molecule has 0 heterocycles. The zero-order valence-corrected chi connectivity index (χ0v) is 31.9. The smallest absolute Gasteiger partial charge is 0.342 e. The number of aromatic hydroxyl groups is 6. The van der Waals surface area contributed by atoms with Crippen LogP contribution < -0.4 is 0 Å². The largest absolute Gasteiger partial charge is 0.508 e. The number of carbonyl (C=O) groups excluding carboxylic acids is 5. The van der Waals surface area contributed by atoms with Gasteiger partial charge in [-0.3, -0.25) is 14.4 Å². The van der Waals surface area contributed by atoms with Gasteiger partial charge in [0.25, 0.3) is 0 Å². The van der Waals surface area contributed by atoms with Crippen LogP contribution in [0.15, 0.2) is 42.5 Å². The number of phenolic OH excluding ortho intramolecular Hbond substituents is 6. The summed E-state index contributed by atoms with van der Waals surface area (Å²) in [6.07, 6.45) is -5.22. The van der Waals surface area contributed by atoms with Crippen molar-refractivity contribution in [3.05, 3.63) is 70.3 Å². The van der Waals surface area contributed by atoms with E-state index in [0.717, 1.165) is 24.3 Å². The number of ether oxygens (including phenoxy) is 5. The molecule has 3 rings (SSSR count). The summed E-state index contributed by atoms with van der Waals surface area (Å²) >= 11 is 0. The van der Waals surface area contributed by atoms with Crippen LogP contribution >= 0.6 is 0 Å². The number of methoxy groups -OCH3 is 1. The maximum atomic E-state index is 13.2. The van der Waals surface area contributed by atoms with E-state index in [1.54, 1.807) is 13.8 Å². The van der Waals surface area contributed by atoms with E-state index < -0.39 is 78.1 Å². The van der Waals surface area contributed by atoms with Crippen LogP contribution in [0.3, 0.4) is 0 Å². The number of phenols is 6. The fourth-order valence-electron chi connectivity index (χ4n) is 5.88. The van der Waals surface area contributed by atoms with Crippen LogP contribution in [0.5, 0.6) is 34.5 Å². The highest BCUT2D eigenvalue weighted by Crippen LogP contribution is 2.31. The molecule has 5 atom stereocenters. The minimum absolute atomic E-state index is 0.0140. The molecule has 56 heavy (non-hydrogen) atoms. The number of carbonyl (C=O) groups is 5. The lowest BCUT2D eigenvalue weighted by molar-refractivity contribution is -0.151. The average Bonchev–Trinajstić information content (AvgIpc) is 3.02. The fourth-order valence-corrected chi connectivity index (χ4v) is 5.88. The van der Waals surface area contributed by atoms with E-state index >= 15 is 0 Å². The highest BCUT2D eigenvalue weighted by atomic mass is 16.6. The van der Waals surface area contributed by atoms with Crippen molar-refractivity contribution in [2.75, 3.05) is 7.11 Å². The van der Waals surface area contributed by atoms with E-state index in [4.69, 9.17) is 23.7 Å². The third-order valence-corrected chi connectivity index (χ3v) is 8.26. The topological polar surface area (TPSA) is 253 Å². The third kappa shape index (κ3) is 13.7. The zero-order chi connectivity index (χ0) is 41.9. The lowest BCUT2D eigenvalue weighted by Gasteiger charge is -2.20. The van der Waals surface area contributed by atoms with Crippen molar-refractivity contribution in [2.24, 2.45) is 0 Å². The number of rotatable bonds is 19. The fraction of sp³-hybridized carbons (Fsp3) is 0.425. The van der Waals surface area contributed by atoms with E-state index in [1.807, 2.05) is 0 Å². The van der Waals surface area contributed by atoms with Crippen LogP contribution in [0.2, 0.25) is 0 Å². The highest BCUT2D eigenvalue weighted by Gasteiger charge is 2.27. The van der Waals surface area contributed by atoms with Gasteiger partial charge in [0.1, 0.15) is 75.8 Å². The molecule has 0 fully saturated rings. The number of hydrogen-bond acceptors (Lipinski definition) is 16. The molecule has 16 heteroatoms. The van der Waals surface area contributed by atoms with Crippen LogP contribution in [-0.4, -0.2) is 97.9 Å². The van der Waals surface area contributed by atoms with E-state index in [9.17, 15) is 54.6 Å².